The van der Waals surface area contributed by atoms with Crippen LogP contribution in [0, 0.1) is 0 Å². The molecule has 0 aliphatic rings. The smallest absolute Gasteiger partial charge is 0.375 e. The minimum absolute atomic E-state index is 0.00851. The van der Waals surface area contributed by atoms with Gasteiger partial charge in [-0.1, -0.05) is 28.1 Å². The number of esters is 2. The Hall–Kier alpha value is -1.73. The molecular weight excluding hydrogens is 414 g/mol. The van der Waals surface area contributed by atoms with Crippen molar-refractivity contribution >= 4 is 33.7 Å². The summed E-state index contributed by atoms with van der Waals surface area (Å²) in [6.07, 6.45) is 0.797. The van der Waals surface area contributed by atoms with Crippen molar-refractivity contribution in [3.63, 3.8) is 0 Å². The van der Waals surface area contributed by atoms with Crippen molar-refractivity contribution in [1.29, 1.82) is 0 Å². The Bertz CT molecular complexity index is 637. The molecule has 7 heteroatoms. The van der Waals surface area contributed by atoms with Crippen LogP contribution in [0.5, 0.6) is 0 Å². The summed E-state index contributed by atoms with van der Waals surface area (Å²) in [5, 5.41) is 3.18. The highest BCUT2D eigenvalue weighted by atomic mass is 79.9. The second-order valence-electron chi connectivity index (χ2n) is 7.17. The highest BCUT2D eigenvalue weighted by molar-refractivity contribution is 9.10. The molecule has 1 atom stereocenters. The normalized spacial score (nSPS) is 12.3. The van der Waals surface area contributed by atoms with Gasteiger partial charge >= 0.3 is 11.9 Å². The summed E-state index contributed by atoms with van der Waals surface area (Å²) in [7, 11) is 0. The van der Waals surface area contributed by atoms with E-state index < -0.39 is 17.4 Å². The van der Waals surface area contributed by atoms with Crippen molar-refractivity contribution in [1.82, 2.24) is 5.32 Å². The Kier molecular flexibility index (Phi) is 9.66. The molecule has 0 heterocycles. The van der Waals surface area contributed by atoms with Crippen LogP contribution >= 0.6 is 15.9 Å². The van der Waals surface area contributed by atoms with Crippen molar-refractivity contribution < 1.29 is 23.9 Å². The number of carbonyl (C=O) groups excluding carboxylic acids is 3. The van der Waals surface area contributed by atoms with E-state index in [0.29, 0.717) is 13.0 Å². The first-order valence-corrected chi connectivity index (χ1v) is 9.79. The van der Waals surface area contributed by atoms with E-state index in [-0.39, 0.29) is 31.4 Å². The Balaban J connectivity index is 2.60. The van der Waals surface area contributed by atoms with Crippen LogP contribution in [0.3, 0.4) is 0 Å². The molecular formula is C20H28BrNO5. The summed E-state index contributed by atoms with van der Waals surface area (Å²) >= 11 is 3.39. The molecule has 1 rings (SSSR count). The fraction of sp³-hybridized carbons (Fsp3) is 0.550. The van der Waals surface area contributed by atoms with E-state index in [0.717, 1.165) is 10.0 Å². The topological polar surface area (TPSA) is 81.7 Å². The van der Waals surface area contributed by atoms with Crippen molar-refractivity contribution in [3.8, 4) is 0 Å². The third-order valence-corrected chi connectivity index (χ3v) is 4.05. The molecule has 27 heavy (non-hydrogen) atoms. The number of ether oxygens (including phenoxy) is 2. The number of hydrogen-bond acceptors (Lipinski definition) is 6. The number of carbonyl (C=O) groups is 3. The molecule has 0 unspecified atom stereocenters. The van der Waals surface area contributed by atoms with Crippen molar-refractivity contribution in [2.24, 2.45) is 0 Å². The number of halogens is 1. The second-order valence-corrected chi connectivity index (χ2v) is 8.08. The summed E-state index contributed by atoms with van der Waals surface area (Å²) in [6.45, 7) is 7.49. The summed E-state index contributed by atoms with van der Waals surface area (Å²) in [6, 6.07) is 7.61. The van der Waals surface area contributed by atoms with Gasteiger partial charge < -0.3 is 14.8 Å². The molecule has 1 aromatic rings. The second kappa shape index (κ2) is 11.2. The number of hydrogen-bond donors (Lipinski definition) is 1. The first-order valence-electron chi connectivity index (χ1n) is 9.00. The molecule has 0 aliphatic heterocycles. The van der Waals surface area contributed by atoms with Crippen molar-refractivity contribution in [2.45, 2.75) is 58.6 Å². The maximum Gasteiger partial charge on any atom is 0.375 e. The van der Waals surface area contributed by atoms with Gasteiger partial charge in [-0.15, -0.1) is 0 Å². The average Bonchev–Trinajstić information content (AvgIpc) is 2.55. The first kappa shape index (κ1) is 23.3. The molecule has 0 amide bonds. The van der Waals surface area contributed by atoms with Gasteiger partial charge in [0.1, 0.15) is 5.60 Å². The number of rotatable bonds is 10. The zero-order chi connectivity index (χ0) is 20.4. The highest BCUT2D eigenvalue weighted by Crippen LogP contribution is 2.13. The molecule has 0 saturated carbocycles. The van der Waals surface area contributed by atoms with E-state index in [2.05, 4.69) is 21.2 Å². The van der Waals surface area contributed by atoms with Gasteiger partial charge in [-0.2, -0.15) is 0 Å². The maximum absolute atomic E-state index is 11.9. The van der Waals surface area contributed by atoms with E-state index in [1.54, 1.807) is 27.7 Å². The predicted octanol–water partition coefficient (Wildman–Crippen LogP) is 3.20. The molecule has 0 fully saturated rings. The molecule has 6 nitrogen and oxygen atoms in total. The molecule has 0 aromatic heterocycles. The van der Waals surface area contributed by atoms with Gasteiger partial charge in [0.05, 0.1) is 13.0 Å². The minimum Gasteiger partial charge on any atom is -0.466 e. The molecule has 0 saturated heterocycles. The molecule has 0 radical (unpaired) electrons. The minimum atomic E-state index is -0.834. The zero-order valence-corrected chi connectivity index (χ0v) is 17.9. The van der Waals surface area contributed by atoms with Gasteiger partial charge in [0.25, 0.3) is 0 Å². The molecule has 0 aliphatic carbocycles. The first-order chi connectivity index (χ1) is 12.6. The van der Waals surface area contributed by atoms with Gasteiger partial charge in [0, 0.05) is 23.5 Å². The van der Waals surface area contributed by atoms with E-state index in [1.165, 1.54) is 0 Å². The molecule has 0 bridgehead atoms. The fourth-order valence-electron chi connectivity index (χ4n) is 2.37. The zero-order valence-electron chi connectivity index (χ0n) is 16.3. The Morgan fingerprint density at radius 3 is 2.33 bits per heavy atom. The van der Waals surface area contributed by atoms with Gasteiger partial charge in [0.15, 0.2) is 0 Å². The molecule has 150 valence electrons. The van der Waals surface area contributed by atoms with Crippen LogP contribution in [0.25, 0.3) is 0 Å². The van der Waals surface area contributed by atoms with Crippen LogP contribution in [-0.2, 0) is 30.3 Å². The van der Waals surface area contributed by atoms with Gasteiger partial charge in [-0.25, -0.2) is 4.79 Å². The summed E-state index contributed by atoms with van der Waals surface area (Å²) in [5.41, 5.74) is 0.354. The SMILES string of the molecule is CCOC(=O)C[C@@H](Cc1ccc(Br)cc1)NCCC(=O)C(=O)OC(C)(C)C. The van der Waals surface area contributed by atoms with Gasteiger partial charge in [0.2, 0.25) is 5.78 Å². The Morgan fingerprint density at radius 1 is 1.15 bits per heavy atom. The monoisotopic (exact) mass is 441 g/mol. The molecule has 1 N–H and O–H groups in total. The largest absolute Gasteiger partial charge is 0.466 e. The van der Waals surface area contributed by atoms with Crippen LogP contribution < -0.4 is 5.32 Å². The quantitative estimate of drug-likeness (QED) is 0.443. The number of nitrogens with one attached hydrogen (secondary N) is 1. The Labute approximate surface area is 169 Å². The third kappa shape index (κ3) is 10.2. The Morgan fingerprint density at radius 2 is 1.78 bits per heavy atom. The average molecular weight is 442 g/mol. The molecule has 0 spiro atoms. The van der Waals surface area contributed by atoms with Crippen LogP contribution in [0.4, 0.5) is 0 Å². The van der Waals surface area contributed by atoms with Crippen LogP contribution in [0.2, 0.25) is 0 Å². The van der Waals surface area contributed by atoms with Crippen LogP contribution in [-0.4, -0.2) is 42.5 Å². The number of ketones is 1. The number of Topliss-reactive ketones (excluding diaryl/α,β-unsaturated/α-hetero) is 1. The van der Waals surface area contributed by atoms with Crippen molar-refractivity contribution in [2.75, 3.05) is 13.2 Å². The summed E-state index contributed by atoms with van der Waals surface area (Å²) < 4.78 is 11.1. The highest BCUT2D eigenvalue weighted by Gasteiger charge is 2.23. The lowest BCUT2D eigenvalue weighted by atomic mass is 10.0. The van der Waals surface area contributed by atoms with Crippen LogP contribution in [0.15, 0.2) is 28.7 Å². The third-order valence-electron chi connectivity index (χ3n) is 3.53. The van der Waals surface area contributed by atoms with Crippen LogP contribution in [0.1, 0.15) is 46.1 Å². The predicted molar refractivity (Wildman–Crippen MR) is 106 cm³/mol. The van der Waals surface area contributed by atoms with E-state index >= 15 is 0 Å². The van der Waals surface area contributed by atoms with Gasteiger partial charge in [-0.3, -0.25) is 9.59 Å². The summed E-state index contributed by atoms with van der Waals surface area (Å²) in [4.78, 5) is 35.5. The van der Waals surface area contributed by atoms with Gasteiger partial charge in [-0.05, 0) is 51.8 Å². The van der Waals surface area contributed by atoms with E-state index in [4.69, 9.17) is 9.47 Å². The van der Waals surface area contributed by atoms with Crippen molar-refractivity contribution in [3.05, 3.63) is 34.3 Å². The molecule has 1 aromatic carbocycles. The lowest BCUT2D eigenvalue weighted by molar-refractivity contribution is -0.162. The fourth-order valence-corrected chi connectivity index (χ4v) is 2.63. The van der Waals surface area contributed by atoms with E-state index in [9.17, 15) is 14.4 Å². The van der Waals surface area contributed by atoms with E-state index in [1.807, 2.05) is 24.3 Å². The lowest BCUT2D eigenvalue weighted by Gasteiger charge is -2.20. The standard InChI is InChI=1S/C20H28BrNO5/c1-5-26-18(24)13-16(12-14-6-8-15(21)9-7-14)22-11-10-17(23)19(25)27-20(2,3)4/h6-9,16,22H,5,10-13H2,1-4H3/t16-/m1/s1. The maximum atomic E-state index is 11.9. The lowest BCUT2D eigenvalue weighted by Crippen LogP contribution is -2.37. The summed E-state index contributed by atoms with van der Waals surface area (Å²) in [5.74, 6) is -1.72. The number of benzene rings is 1.